The molecule has 0 saturated carbocycles. The zero-order valence-corrected chi connectivity index (χ0v) is 10.3. The highest BCUT2D eigenvalue weighted by molar-refractivity contribution is 6.02. The molecule has 8 nitrogen and oxygen atoms in total. The molecule has 1 aromatic rings. The molecule has 1 aromatic heterocycles. The number of β-amino-alcohol motifs (C(OH)–C–C–N with tert-alkyl or cyclic N) is 2. The standard InChI is InChI=1S/C10H17N5O3/c1-5-8(9(11)13-18)10(14(2)12-5)15-3-6(16)7(17)4-15/h6-7,16-18H,3-4H2,1-2H3,(H2,11,13). The van der Waals surface area contributed by atoms with Gasteiger partial charge in [0.15, 0.2) is 5.84 Å². The van der Waals surface area contributed by atoms with Crippen LogP contribution in [0.2, 0.25) is 0 Å². The second kappa shape index (κ2) is 4.46. The van der Waals surface area contributed by atoms with Gasteiger partial charge >= 0.3 is 0 Å². The molecule has 1 aliphatic rings. The van der Waals surface area contributed by atoms with Gasteiger partial charge in [0, 0.05) is 20.1 Å². The Balaban J connectivity index is 2.45. The average molecular weight is 255 g/mol. The highest BCUT2D eigenvalue weighted by Crippen LogP contribution is 2.26. The van der Waals surface area contributed by atoms with Crippen LogP contribution in [0.25, 0.3) is 0 Å². The fourth-order valence-electron chi connectivity index (χ4n) is 2.30. The molecular formula is C10H17N5O3. The smallest absolute Gasteiger partial charge is 0.175 e. The van der Waals surface area contributed by atoms with Crippen LogP contribution >= 0.6 is 0 Å². The maximum Gasteiger partial charge on any atom is 0.175 e. The van der Waals surface area contributed by atoms with Crippen molar-refractivity contribution in [2.75, 3.05) is 18.0 Å². The van der Waals surface area contributed by atoms with Crippen molar-refractivity contribution in [1.29, 1.82) is 0 Å². The predicted octanol–water partition coefficient (Wildman–Crippen LogP) is -1.64. The molecule has 0 spiro atoms. The monoisotopic (exact) mass is 255 g/mol. The summed E-state index contributed by atoms with van der Waals surface area (Å²) in [7, 11) is 1.73. The molecule has 2 rings (SSSR count). The molecule has 100 valence electrons. The first kappa shape index (κ1) is 12.7. The molecule has 5 N–H and O–H groups in total. The number of amidine groups is 1. The van der Waals surface area contributed by atoms with Gasteiger partial charge in [-0.1, -0.05) is 5.16 Å². The number of aliphatic hydroxyl groups excluding tert-OH is 2. The molecule has 0 aromatic carbocycles. The van der Waals surface area contributed by atoms with E-state index < -0.39 is 12.2 Å². The number of nitrogens with zero attached hydrogens (tertiary/aromatic N) is 4. The summed E-state index contributed by atoms with van der Waals surface area (Å²) >= 11 is 0. The number of oxime groups is 1. The van der Waals surface area contributed by atoms with Gasteiger partial charge < -0.3 is 26.1 Å². The molecular weight excluding hydrogens is 238 g/mol. The molecule has 1 fully saturated rings. The zero-order valence-electron chi connectivity index (χ0n) is 10.3. The summed E-state index contributed by atoms with van der Waals surface area (Å²) in [6.07, 6.45) is -1.61. The van der Waals surface area contributed by atoms with Gasteiger partial charge in [-0.25, -0.2) is 0 Å². The first-order valence-electron chi connectivity index (χ1n) is 5.58. The minimum atomic E-state index is -0.805. The van der Waals surface area contributed by atoms with E-state index in [0.717, 1.165) is 0 Å². The molecule has 2 atom stereocenters. The lowest BCUT2D eigenvalue weighted by molar-refractivity contribution is 0.0572. The fraction of sp³-hybridized carbons (Fsp3) is 0.600. The van der Waals surface area contributed by atoms with Crippen LogP contribution in [0.1, 0.15) is 11.3 Å². The van der Waals surface area contributed by atoms with E-state index in [0.29, 0.717) is 17.1 Å². The third-order valence-corrected chi connectivity index (χ3v) is 3.11. The lowest BCUT2D eigenvalue weighted by atomic mass is 10.2. The molecule has 18 heavy (non-hydrogen) atoms. The van der Waals surface area contributed by atoms with Crippen molar-refractivity contribution < 1.29 is 15.4 Å². The SMILES string of the molecule is Cc1nn(C)c(N2CC(O)C(O)C2)c1C(N)=NO. The Kier molecular flexibility index (Phi) is 3.14. The van der Waals surface area contributed by atoms with Crippen LogP contribution in [0.5, 0.6) is 0 Å². The Morgan fingerprint density at radius 3 is 2.44 bits per heavy atom. The Bertz CT molecular complexity index is 474. The summed E-state index contributed by atoms with van der Waals surface area (Å²) in [5, 5.41) is 35.2. The van der Waals surface area contributed by atoms with E-state index in [2.05, 4.69) is 10.3 Å². The van der Waals surface area contributed by atoms with Gasteiger partial charge in [-0.2, -0.15) is 5.10 Å². The molecule has 1 aliphatic heterocycles. The van der Waals surface area contributed by atoms with E-state index in [1.807, 2.05) is 0 Å². The van der Waals surface area contributed by atoms with Crippen molar-refractivity contribution in [3.63, 3.8) is 0 Å². The van der Waals surface area contributed by atoms with Crippen molar-refractivity contribution in [2.24, 2.45) is 17.9 Å². The molecule has 0 radical (unpaired) electrons. The van der Waals surface area contributed by atoms with Crippen molar-refractivity contribution in [1.82, 2.24) is 9.78 Å². The molecule has 8 heteroatoms. The molecule has 0 amide bonds. The van der Waals surface area contributed by atoms with Crippen LogP contribution in [-0.4, -0.2) is 56.3 Å². The van der Waals surface area contributed by atoms with E-state index in [1.54, 1.807) is 23.6 Å². The topological polar surface area (TPSA) is 120 Å². The van der Waals surface area contributed by atoms with E-state index in [1.165, 1.54) is 0 Å². The van der Waals surface area contributed by atoms with Crippen LogP contribution < -0.4 is 10.6 Å². The second-order valence-corrected chi connectivity index (χ2v) is 4.43. The third-order valence-electron chi connectivity index (χ3n) is 3.11. The number of hydrogen-bond donors (Lipinski definition) is 4. The number of anilines is 1. The van der Waals surface area contributed by atoms with Crippen LogP contribution in [0.4, 0.5) is 5.82 Å². The highest BCUT2D eigenvalue weighted by Gasteiger charge is 2.33. The van der Waals surface area contributed by atoms with Gasteiger partial charge in [0.1, 0.15) is 5.82 Å². The maximum absolute atomic E-state index is 9.58. The largest absolute Gasteiger partial charge is 0.409 e. The lowest BCUT2D eigenvalue weighted by Gasteiger charge is -2.19. The molecule has 1 saturated heterocycles. The van der Waals surface area contributed by atoms with E-state index in [4.69, 9.17) is 10.9 Å². The summed E-state index contributed by atoms with van der Waals surface area (Å²) in [5.74, 6) is 0.588. The number of aliphatic hydroxyl groups is 2. The van der Waals surface area contributed by atoms with E-state index >= 15 is 0 Å². The van der Waals surface area contributed by atoms with E-state index in [9.17, 15) is 10.2 Å². The normalized spacial score (nSPS) is 24.9. The highest BCUT2D eigenvalue weighted by atomic mass is 16.4. The van der Waals surface area contributed by atoms with Gasteiger partial charge in [0.25, 0.3) is 0 Å². The van der Waals surface area contributed by atoms with Crippen LogP contribution in [0.15, 0.2) is 5.16 Å². The van der Waals surface area contributed by atoms with Crippen molar-refractivity contribution >= 4 is 11.7 Å². The summed E-state index contributed by atoms with van der Waals surface area (Å²) in [5.41, 5.74) is 6.78. The third kappa shape index (κ3) is 1.89. The Morgan fingerprint density at radius 1 is 1.39 bits per heavy atom. The quantitative estimate of drug-likeness (QED) is 0.218. The van der Waals surface area contributed by atoms with Gasteiger partial charge in [-0.3, -0.25) is 4.68 Å². The van der Waals surface area contributed by atoms with Gasteiger partial charge in [-0.05, 0) is 6.92 Å². The lowest BCUT2D eigenvalue weighted by Crippen LogP contribution is -2.27. The minimum absolute atomic E-state index is 0.0357. The predicted molar refractivity (Wildman–Crippen MR) is 64.7 cm³/mol. The number of rotatable bonds is 2. The molecule has 0 bridgehead atoms. The first-order chi connectivity index (χ1) is 8.45. The average Bonchev–Trinajstić information content (AvgIpc) is 2.78. The van der Waals surface area contributed by atoms with Gasteiger partial charge in [0.05, 0.1) is 23.5 Å². The van der Waals surface area contributed by atoms with Crippen molar-refractivity contribution in [3.8, 4) is 0 Å². The van der Waals surface area contributed by atoms with Crippen LogP contribution in [0.3, 0.4) is 0 Å². The summed E-state index contributed by atoms with van der Waals surface area (Å²) in [6.45, 7) is 2.32. The minimum Gasteiger partial charge on any atom is -0.409 e. The Morgan fingerprint density at radius 2 is 1.94 bits per heavy atom. The van der Waals surface area contributed by atoms with Gasteiger partial charge in [0.2, 0.25) is 0 Å². The second-order valence-electron chi connectivity index (χ2n) is 4.43. The zero-order chi connectivity index (χ0) is 13.4. The maximum atomic E-state index is 9.58. The molecule has 2 heterocycles. The number of hydrogen-bond acceptors (Lipinski definition) is 6. The summed E-state index contributed by atoms with van der Waals surface area (Å²) in [4.78, 5) is 1.77. The number of nitrogens with two attached hydrogens (primary N) is 1. The first-order valence-corrected chi connectivity index (χ1v) is 5.58. The summed E-state index contributed by atoms with van der Waals surface area (Å²) in [6, 6.07) is 0. The van der Waals surface area contributed by atoms with Gasteiger partial charge in [-0.15, -0.1) is 0 Å². The molecule has 0 aliphatic carbocycles. The van der Waals surface area contributed by atoms with Crippen LogP contribution in [0, 0.1) is 6.92 Å². The number of aromatic nitrogens is 2. The Hall–Kier alpha value is -1.80. The fourth-order valence-corrected chi connectivity index (χ4v) is 2.30. The summed E-state index contributed by atoms with van der Waals surface area (Å²) < 4.78 is 1.59. The van der Waals surface area contributed by atoms with E-state index in [-0.39, 0.29) is 18.9 Å². The van der Waals surface area contributed by atoms with Crippen molar-refractivity contribution in [3.05, 3.63) is 11.3 Å². The van der Waals surface area contributed by atoms with Crippen molar-refractivity contribution in [2.45, 2.75) is 19.1 Å². The molecule has 2 unspecified atom stereocenters. The number of aryl methyl sites for hydroxylation is 2. The van der Waals surface area contributed by atoms with Crippen LogP contribution in [-0.2, 0) is 7.05 Å². The Labute approximate surface area is 104 Å².